The third-order valence-corrected chi connectivity index (χ3v) is 9.16. The van der Waals surface area contributed by atoms with Gasteiger partial charge in [0.2, 0.25) is 5.78 Å². The lowest BCUT2D eigenvalue weighted by molar-refractivity contribution is -0.169. The fourth-order valence-electron chi connectivity index (χ4n) is 6.92. The molecular formula is C28H35N5O9. The fraction of sp³-hybridized carbons (Fsp3) is 0.500. The number of amides is 3. The van der Waals surface area contributed by atoms with Crippen molar-refractivity contribution in [1.82, 2.24) is 14.7 Å². The summed E-state index contributed by atoms with van der Waals surface area (Å²) < 4.78 is 0. The van der Waals surface area contributed by atoms with Crippen molar-refractivity contribution < 1.29 is 44.7 Å². The molecule has 42 heavy (non-hydrogen) atoms. The SMILES string of the molecule is CC1c2ccc(NC(=O)N3CCN(C)CC3)c(O)c2C(O)=C2C(=O)C3(O)C(O)=C(C(N)=O)C(=O)[C@@H](N(C)C)C3C(O)C21. The standard InChI is InChI=1S/C28H35N5O9/c1-11-12-5-6-13(30-27(41)33-9-7-32(4)8-10-33)20(34)15(12)21(35)16-14(11)22(36)18-19(31(2)3)23(37)17(26(29)40)25(39)28(18,42)24(16)38/h5-6,11,14,18-19,22,34-36,39,42H,7-10H2,1-4H3,(H2,29,40)(H,30,41)/t11?,14?,18?,19-,22?,28?/m0/s1. The number of aromatic hydroxyl groups is 1. The number of piperazine rings is 1. The second-order valence-electron chi connectivity index (χ2n) is 11.7. The van der Waals surface area contributed by atoms with Crippen molar-refractivity contribution in [2.24, 2.45) is 17.6 Å². The van der Waals surface area contributed by atoms with E-state index in [9.17, 15) is 44.7 Å². The van der Waals surface area contributed by atoms with Crippen molar-refractivity contribution in [2.75, 3.05) is 52.6 Å². The van der Waals surface area contributed by atoms with E-state index in [1.54, 1.807) is 17.9 Å². The Kier molecular flexibility index (Phi) is 7.08. The van der Waals surface area contributed by atoms with Crippen molar-refractivity contribution in [3.05, 3.63) is 40.2 Å². The number of rotatable bonds is 3. The first-order valence-electron chi connectivity index (χ1n) is 13.6. The van der Waals surface area contributed by atoms with Gasteiger partial charge in [-0.05, 0) is 38.7 Å². The van der Waals surface area contributed by atoms with E-state index in [0.29, 0.717) is 31.7 Å². The summed E-state index contributed by atoms with van der Waals surface area (Å²) in [5.74, 6) is -9.75. The maximum Gasteiger partial charge on any atom is 0.322 e. The highest BCUT2D eigenvalue weighted by molar-refractivity contribution is 6.24. The quantitative estimate of drug-likeness (QED) is 0.173. The van der Waals surface area contributed by atoms with E-state index >= 15 is 0 Å². The molecule has 1 heterocycles. The molecule has 3 aliphatic carbocycles. The minimum Gasteiger partial charge on any atom is -0.508 e. The van der Waals surface area contributed by atoms with Gasteiger partial charge >= 0.3 is 6.03 Å². The monoisotopic (exact) mass is 585 g/mol. The minimum atomic E-state index is -2.99. The van der Waals surface area contributed by atoms with Crippen LogP contribution >= 0.6 is 0 Å². The van der Waals surface area contributed by atoms with Crippen LogP contribution in [0.2, 0.25) is 0 Å². The van der Waals surface area contributed by atoms with Crippen LogP contribution in [0.3, 0.4) is 0 Å². The Morgan fingerprint density at radius 1 is 1.10 bits per heavy atom. The molecule has 4 aliphatic rings. The summed E-state index contributed by atoms with van der Waals surface area (Å²) in [6.07, 6.45) is -1.68. The zero-order chi connectivity index (χ0) is 31.0. The number of carbonyl (C=O) groups excluding carboxylic acids is 4. The number of likely N-dealkylation sites (N-methyl/N-ethyl adjacent to an activating group) is 2. The van der Waals surface area contributed by atoms with Crippen LogP contribution in [0.1, 0.15) is 24.0 Å². The van der Waals surface area contributed by atoms with Crippen LogP contribution < -0.4 is 11.1 Å². The van der Waals surface area contributed by atoms with E-state index in [4.69, 9.17) is 5.73 Å². The van der Waals surface area contributed by atoms with Crippen LogP contribution in [0, 0.1) is 11.8 Å². The number of urea groups is 1. The largest absolute Gasteiger partial charge is 0.508 e. The molecular weight excluding hydrogens is 550 g/mol. The van der Waals surface area contributed by atoms with Gasteiger partial charge in [0.15, 0.2) is 11.4 Å². The molecule has 5 unspecified atom stereocenters. The molecule has 8 N–H and O–H groups in total. The molecule has 0 spiro atoms. The van der Waals surface area contributed by atoms with Gasteiger partial charge in [0.25, 0.3) is 5.91 Å². The number of fused-ring (bicyclic) bond motifs is 3. The van der Waals surface area contributed by atoms with Gasteiger partial charge in [0, 0.05) is 37.7 Å². The van der Waals surface area contributed by atoms with Crippen molar-refractivity contribution in [2.45, 2.75) is 30.6 Å². The fourth-order valence-corrected chi connectivity index (χ4v) is 6.92. The Bertz CT molecular complexity index is 1460. The average molecular weight is 586 g/mol. The average Bonchev–Trinajstić information content (AvgIpc) is 2.92. The number of hydrogen-bond acceptors (Lipinski definition) is 11. The molecule has 2 fully saturated rings. The molecule has 0 aromatic heterocycles. The Morgan fingerprint density at radius 2 is 1.71 bits per heavy atom. The maximum atomic E-state index is 14.1. The van der Waals surface area contributed by atoms with E-state index in [1.807, 2.05) is 7.05 Å². The number of benzene rings is 1. The van der Waals surface area contributed by atoms with E-state index in [2.05, 4.69) is 10.2 Å². The third-order valence-electron chi connectivity index (χ3n) is 9.16. The first-order valence-corrected chi connectivity index (χ1v) is 13.6. The smallest absolute Gasteiger partial charge is 0.322 e. The highest BCUT2D eigenvalue weighted by Gasteiger charge is 2.68. The normalized spacial score (nSPS) is 31.6. The second-order valence-corrected chi connectivity index (χ2v) is 11.7. The number of hydrogen-bond donors (Lipinski definition) is 7. The van der Waals surface area contributed by atoms with Gasteiger partial charge in [-0.15, -0.1) is 0 Å². The summed E-state index contributed by atoms with van der Waals surface area (Å²) in [5.41, 5.74) is 0.979. The molecule has 3 amide bonds. The molecule has 6 atom stereocenters. The van der Waals surface area contributed by atoms with Gasteiger partial charge in [-0.3, -0.25) is 19.3 Å². The lowest BCUT2D eigenvalue weighted by Gasteiger charge is -2.53. The highest BCUT2D eigenvalue weighted by atomic mass is 16.4. The number of anilines is 1. The number of nitrogens with zero attached hydrogens (tertiary/aromatic N) is 3. The number of phenols is 1. The van der Waals surface area contributed by atoms with Gasteiger partial charge in [0.05, 0.1) is 29.3 Å². The van der Waals surface area contributed by atoms with Gasteiger partial charge in [-0.2, -0.15) is 0 Å². The van der Waals surface area contributed by atoms with E-state index in [0.717, 1.165) is 0 Å². The highest BCUT2D eigenvalue weighted by Crippen LogP contribution is 2.56. The predicted octanol–water partition coefficient (Wildman–Crippen LogP) is -0.725. The minimum absolute atomic E-state index is 0.0365. The topological polar surface area (TPSA) is 217 Å². The van der Waals surface area contributed by atoms with Crippen molar-refractivity contribution in [1.29, 1.82) is 0 Å². The Balaban J connectivity index is 1.63. The molecule has 1 aromatic rings. The van der Waals surface area contributed by atoms with Gasteiger partial charge < -0.3 is 46.4 Å². The molecule has 5 rings (SSSR count). The van der Waals surface area contributed by atoms with Crippen LogP contribution in [0.5, 0.6) is 5.75 Å². The molecule has 0 bridgehead atoms. The lowest BCUT2D eigenvalue weighted by Crippen LogP contribution is -2.70. The summed E-state index contributed by atoms with van der Waals surface area (Å²) in [4.78, 5) is 57.3. The van der Waals surface area contributed by atoms with E-state index in [1.165, 1.54) is 25.1 Å². The first kappa shape index (κ1) is 29.5. The second kappa shape index (κ2) is 10.1. The van der Waals surface area contributed by atoms with Gasteiger partial charge in [-0.25, -0.2) is 4.79 Å². The summed E-state index contributed by atoms with van der Waals surface area (Å²) in [7, 11) is 4.83. The number of nitrogens with one attached hydrogen (secondary N) is 1. The van der Waals surface area contributed by atoms with Crippen LogP contribution in [0.15, 0.2) is 29.0 Å². The Morgan fingerprint density at radius 3 is 2.29 bits per heavy atom. The van der Waals surface area contributed by atoms with Gasteiger partial charge in [0.1, 0.15) is 22.8 Å². The van der Waals surface area contributed by atoms with E-state index in [-0.39, 0.29) is 11.3 Å². The number of aliphatic hydroxyl groups is 4. The molecule has 1 aromatic carbocycles. The van der Waals surface area contributed by atoms with E-state index < -0.39 is 87.4 Å². The molecule has 0 radical (unpaired) electrons. The maximum absolute atomic E-state index is 14.1. The Hall–Kier alpha value is -3.98. The van der Waals surface area contributed by atoms with Crippen LogP contribution in [0.4, 0.5) is 10.5 Å². The molecule has 14 heteroatoms. The van der Waals surface area contributed by atoms with Crippen LogP contribution in [-0.2, 0) is 14.4 Å². The van der Waals surface area contributed by atoms with Crippen molar-refractivity contribution in [3.63, 3.8) is 0 Å². The number of nitrogens with two attached hydrogens (primary N) is 1. The zero-order valence-corrected chi connectivity index (χ0v) is 23.7. The van der Waals surface area contributed by atoms with Crippen LogP contribution in [0.25, 0.3) is 5.76 Å². The van der Waals surface area contributed by atoms with Crippen molar-refractivity contribution >= 4 is 35.0 Å². The number of carbonyl (C=O) groups is 4. The lowest BCUT2D eigenvalue weighted by atomic mass is 9.54. The Labute approximate surface area is 241 Å². The van der Waals surface area contributed by atoms with Gasteiger partial charge in [-0.1, -0.05) is 13.0 Å². The predicted molar refractivity (Wildman–Crippen MR) is 148 cm³/mol. The summed E-state index contributed by atoms with van der Waals surface area (Å²) >= 11 is 0. The molecule has 1 saturated carbocycles. The first-order chi connectivity index (χ1) is 19.6. The van der Waals surface area contributed by atoms with Crippen molar-refractivity contribution in [3.8, 4) is 5.75 Å². The third kappa shape index (κ3) is 4.01. The molecule has 14 nitrogen and oxygen atoms in total. The number of primary amides is 1. The molecule has 1 saturated heterocycles. The number of aliphatic hydroxyl groups excluding tert-OH is 3. The summed E-state index contributed by atoms with van der Waals surface area (Å²) in [6, 6.07) is 1.10. The molecule has 1 aliphatic heterocycles. The summed E-state index contributed by atoms with van der Waals surface area (Å²) in [6.45, 7) is 3.91. The summed E-state index contributed by atoms with van der Waals surface area (Å²) in [5, 5.41) is 59.7. The van der Waals surface area contributed by atoms with Crippen LogP contribution in [-0.4, -0.2) is 129 Å². The zero-order valence-electron chi connectivity index (χ0n) is 23.7. The number of Topliss-reactive ketones (excluding diaryl/α,β-unsaturated/α-hetero) is 2. The number of ketones is 2. The number of phenolic OH excluding ortho intramolecular Hbond substituents is 1. The molecule has 226 valence electrons.